The molecule has 3 N–H and O–H groups in total. The lowest BCUT2D eigenvalue weighted by Crippen LogP contribution is -2.32. The Morgan fingerprint density at radius 1 is 1.46 bits per heavy atom. The number of rotatable bonds is 8. The van der Waals surface area contributed by atoms with Crippen molar-refractivity contribution in [2.75, 3.05) is 6.26 Å². The predicted octanol–water partition coefficient (Wildman–Crippen LogP) is 4.20. The summed E-state index contributed by atoms with van der Waals surface area (Å²) in [6, 6.07) is 4.57. The van der Waals surface area contributed by atoms with E-state index in [1.54, 1.807) is 24.3 Å². The number of hydrogen-bond donors (Lipinski definition) is 2. The fraction of sp³-hybridized carbons (Fsp3) is 0.278. The van der Waals surface area contributed by atoms with Crippen LogP contribution in [0.3, 0.4) is 0 Å². The van der Waals surface area contributed by atoms with Gasteiger partial charge in [0.25, 0.3) is 0 Å². The minimum atomic E-state index is -1.03. The quantitative estimate of drug-likeness (QED) is 0.378. The molecule has 0 aliphatic heterocycles. The lowest BCUT2D eigenvalue weighted by atomic mass is 10.1. The molecule has 0 spiro atoms. The van der Waals surface area contributed by atoms with Crippen LogP contribution in [0.2, 0.25) is 0 Å². The van der Waals surface area contributed by atoms with Gasteiger partial charge in [-0.15, -0.1) is 11.8 Å². The van der Waals surface area contributed by atoms with E-state index in [1.165, 1.54) is 23.5 Å². The molecule has 0 saturated carbocycles. The number of thioether (sulfide) groups is 2. The summed E-state index contributed by atoms with van der Waals surface area (Å²) in [6.45, 7) is 5.75. The molecule has 0 fully saturated rings. The number of allylic oxidation sites excluding steroid dienone is 4. The number of nitrogens with zero attached hydrogens (tertiary/aromatic N) is 2. The summed E-state index contributed by atoms with van der Waals surface area (Å²) in [5, 5.41) is 9.52. The van der Waals surface area contributed by atoms with Gasteiger partial charge in [-0.25, -0.2) is 4.99 Å². The van der Waals surface area contributed by atoms with Gasteiger partial charge >= 0.3 is 5.97 Å². The second-order valence-electron chi connectivity index (χ2n) is 5.14. The molecule has 1 heterocycles. The van der Waals surface area contributed by atoms with E-state index in [0.717, 1.165) is 10.1 Å². The Kier molecular flexibility index (Phi) is 10.3. The van der Waals surface area contributed by atoms with E-state index in [9.17, 15) is 4.79 Å². The highest BCUT2D eigenvalue weighted by Crippen LogP contribution is 2.21. The fourth-order valence-corrected chi connectivity index (χ4v) is 3.27. The molecule has 1 rings (SSSR count). The molecule has 0 aromatic carbocycles. The molecule has 0 bridgehead atoms. The number of pyridine rings is 1. The first-order valence-corrected chi connectivity index (χ1v) is 10.3. The summed E-state index contributed by atoms with van der Waals surface area (Å²) in [5.41, 5.74) is 7.67. The van der Waals surface area contributed by atoms with Gasteiger partial charge in [0.05, 0.1) is 11.4 Å². The number of hydrogen-bond acceptors (Lipinski definition) is 6. The minimum Gasteiger partial charge on any atom is -0.480 e. The van der Waals surface area contributed by atoms with Crippen molar-refractivity contribution in [3.05, 3.63) is 65.1 Å². The second kappa shape index (κ2) is 12.0. The molecule has 0 saturated heterocycles. The van der Waals surface area contributed by atoms with Crippen molar-refractivity contribution < 1.29 is 9.90 Å². The molecule has 1 atom stereocenters. The highest BCUT2D eigenvalue weighted by Gasteiger charge is 2.13. The number of carboxylic acids is 1. The zero-order chi connectivity index (χ0) is 19.5. The van der Waals surface area contributed by atoms with Gasteiger partial charge in [-0.3, -0.25) is 9.78 Å². The average molecular weight is 412 g/mol. The van der Waals surface area contributed by atoms with Crippen molar-refractivity contribution in [3.8, 4) is 0 Å². The van der Waals surface area contributed by atoms with Gasteiger partial charge in [-0.1, -0.05) is 42.1 Å². The summed E-state index contributed by atoms with van der Waals surface area (Å²) in [4.78, 5) is 19.8. The number of aliphatic imine (C=N–C) groups is 1. The van der Waals surface area contributed by atoms with E-state index in [1.807, 2.05) is 25.3 Å². The van der Waals surface area contributed by atoms with Crippen LogP contribution in [0.25, 0.3) is 0 Å². The highest BCUT2D eigenvalue weighted by molar-refractivity contribution is 8.38. The zero-order valence-corrected chi connectivity index (χ0v) is 17.1. The number of nitrogens with two attached hydrogens (primary N) is 1. The molecule has 5 nitrogen and oxygen atoms in total. The van der Waals surface area contributed by atoms with Crippen LogP contribution in [0, 0.1) is 0 Å². The third-order valence-corrected chi connectivity index (χ3v) is 5.49. The van der Waals surface area contributed by atoms with E-state index in [2.05, 4.69) is 16.6 Å². The topological polar surface area (TPSA) is 88.6 Å². The van der Waals surface area contributed by atoms with Crippen LogP contribution in [0.1, 0.15) is 18.3 Å². The summed E-state index contributed by atoms with van der Waals surface area (Å²) < 4.78 is 0.852. The third kappa shape index (κ3) is 8.71. The number of carbonyl (C=O) groups is 1. The summed E-state index contributed by atoms with van der Waals surface area (Å²) in [6.07, 6.45) is 7.42. The second-order valence-corrected chi connectivity index (χ2v) is 7.59. The largest absolute Gasteiger partial charge is 0.480 e. The van der Waals surface area contributed by atoms with Gasteiger partial charge < -0.3 is 10.8 Å². The minimum absolute atomic E-state index is 0.199. The fourth-order valence-electron chi connectivity index (χ4n) is 1.74. The summed E-state index contributed by atoms with van der Waals surface area (Å²) in [5.74, 6) is -0.421. The van der Waals surface area contributed by atoms with E-state index in [0.29, 0.717) is 22.2 Å². The van der Waals surface area contributed by atoms with Gasteiger partial charge in [0, 0.05) is 22.9 Å². The van der Waals surface area contributed by atoms with Crippen LogP contribution in [-0.2, 0) is 17.0 Å². The summed E-state index contributed by atoms with van der Waals surface area (Å²) in [7, 11) is 0. The Labute approximate surface area is 167 Å². The lowest BCUT2D eigenvalue weighted by molar-refractivity contribution is -0.138. The molecule has 8 heteroatoms. The zero-order valence-electron chi connectivity index (χ0n) is 14.7. The van der Waals surface area contributed by atoms with Crippen molar-refractivity contribution in [3.63, 3.8) is 0 Å². The SMILES string of the molecule is C=C(/C=C\C(Cl)=C/C)N=C(SC)SCc1cccc(CC(N)C(=O)O)n1. The van der Waals surface area contributed by atoms with Crippen LogP contribution in [0.5, 0.6) is 0 Å². The van der Waals surface area contributed by atoms with Crippen molar-refractivity contribution >= 4 is 45.5 Å². The van der Waals surface area contributed by atoms with Gasteiger partial charge in [-0.2, -0.15) is 0 Å². The number of aromatic nitrogens is 1. The first kappa shape index (κ1) is 22.5. The van der Waals surface area contributed by atoms with Crippen molar-refractivity contribution in [1.29, 1.82) is 0 Å². The lowest BCUT2D eigenvalue weighted by Gasteiger charge is -2.08. The van der Waals surface area contributed by atoms with Crippen molar-refractivity contribution in [2.45, 2.75) is 25.1 Å². The Bertz CT molecular complexity index is 733. The predicted molar refractivity (Wildman–Crippen MR) is 114 cm³/mol. The molecule has 0 radical (unpaired) electrons. The number of carboxylic acid groups (broad SMARTS) is 1. The Hall–Kier alpha value is -1.54. The first-order chi connectivity index (χ1) is 12.3. The molecular weight excluding hydrogens is 390 g/mol. The van der Waals surface area contributed by atoms with Gasteiger partial charge in [0.15, 0.2) is 0 Å². The highest BCUT2D eigenvalue weighted by atomic mass is 35.5. The molecule has 1 aromatic rings. The third-order valence-electron chi connectivity index (χ3n) is 3.07. The van der Waals surface area contributed by atoms with E-state index < -0.39 is 12.0 Å². The molecule has 0 aliphatic rings. The number of halogens is 1. The normalized spacial score (nSPS) is 13.8. The molecule has 1 unspecified atom stereocenters. The van der Waals surface area contributed by atoms with Crippen LogP contribution < -0.4 is 5.73 Å². The van der Waals surface area contributed by atoms with Crippen LogP contribution in [0.15, 0.2) is 58.7 Å². The van der Waals surface area contributed by atoms with E-state index in [-0.39, 0.29) is 6.42 Å². The van der Waals surface area contributed by atoms with Crippen molar-refractivity contribution in [1.82, 2.24) is 4.98 Å². The maximum Gasteiger partial charge on any atom is 0.320 e. The Balaban J connectivity index is 2.71. The molecular formula is C18H22ClN3O2S2. The standard InChI is InChI=1S/C18H22ClN3O2S2/c1-4-13(19)9-8-12(2)21-18(25-3)26-11-15-7-5-6-14(22-15)10-16(20)17(23)24/h4-9,16H,2,10-11,20H2,1,3H3,(H,23,24)/b9-8-,13-4+,21-18?. The Morgan fingerprint density at radius 3 is 2.77 bits per heavy atom. The molecule has 0 amide bonds. The van der Waals surface area contributed by atoms with Gasteiger partial charge in [-0.05, 0) is 37.5 Å². The Morgan fingerprint density at radius 2 is 2.15 bits per heavy atom. The van der Waals surface area contributed by atoms with E-state index in [4.69, 9.17) is 22.4 Å². The van der Waals surface area contributed by atoms with Crippen LogP contribution in [0.4, 0.5) is 0 Å². The first-order valence-electron chi connectivity index (χ1n) is 7.73. The van der Waals surface area contributed by atoms with E-state index >= 15 is 0 Å². The smallest absolute Gasteiger partial charge is 0.320 e. The van der Waals surface area contributed by atoms with Crippen LogP contribution >= 0.6 is 35.1 Å². The monoisotopic (exact) mass is 411 g/mol. The average Bonchev–Trinajstić information content (AvgIpc) is 2.63. The van der Waals surface area contributed by atoms with Crippen molar-refractivity contribution in [2.24, 2.45) is 10.7 Å². The molecule has 140 valence electrons. The maximum absolute atomic E-state index is 10.9. The van der Waals surface area contributed by atoms with Gasteiger partial charge in [0.2, 0.25) is 0 Å². The van der Waals surface area contributed by atoms with Gasteiger partial charge in [0.1, 0.15) is 10.4 Å². The van der Waals surface area contributed by atoms with Crippen LogP contribution in [-0.4, -0.2) is 32.7 Å². The molecule has 1 aromatic heterocycles. The molecule has 0 aliphatic carbocycles. The maximum atomic E-state index is 10.9. The summed E-state index contributed by atoms with van der Waals surface area (Å²) >= 11 is 8.97. The number of aliphatic carboxylic acids is 1. The molecule has 26 heavy (non-hydrogen) atoms.